The van der Waals surface area contributed by atoms with Gasteiger partial charge in [0.2, 0.25) is 22.7 Å². The molecule has 0 bridgehead atoms. The second kappa shape index (κ2) is 33.1. The molecule has 6 heterocycles. The fraction of sp³-hybridized carbons (Fsp3) is 0.281. The number of methoxy groups -OCH3 is 2. The Morgan fingerprint density at radius 1 is 0.558 bits per heavy atom. The van der Waals surface area contributed by atoms with Crippen LogP contribution >= 0.6 is 23.5 Å². The Bertz CT molecular complexity index is 4460. The number of thioether (sulfide) groups is 2. The Labute approximate surface area is 636 Å². The zero-order valence-electron chi connectivity index (χ0n) is 55.7. The number of carboxylic acid groups (broad SMARTS) is 4. The Balaban J connectivity index is 0.000000285. The molecule has 104 heavy (non-hydrogen) atoms. The van der Waals surface area contributed by atoms with E-state index in [9.17, 15) is 97.8 Å². The first-order valence-corrected chi connectivity index (χ1v) is 31.6. The van der Waals surface area contributed by atoms with Gasteiger partial charge in [-0.25, -0.2) is 9.59 Å². The predicted molar refractivity (Wildman–Crippen MR) is 340 cm³/mol. The molecule has 2 aromatic heterocycles. The predicted octanol–water partition coefficient (Wildman–Crippen LogP) is -7.22. The van der Waals surface area contributed by atoms with Crippen molar-refractivity contribution in [2.45, 2.75) is 62.0 Å². The second-order valence-corrected chi connectivity index (χ2v) is 24.4. The van der Waals surface area contributed by atoms with Crippen LogP contribution in [0.3, 0.4) is 0 Å². The summed E-state index contributed by atoms with van der Waals surface area (Å²) in [7, 11) is 2.18. The number of nitrogens with zero attached hydrogens (tertiary/aromatic N) is 2. The van der Waals surface area contributed by atoms with E-state index in [1.54, 1.807) is 0 Å². The molecule has 536 valence electrons. The number of ether oxygens (including phenoxy) is 6. The van der Waals surface area contributed by atoms with E-state index in [1.807, 2.05) is 0 Å². The van der Waals surface area contributed by atoms with Gasteiger partial charge in [-0.3, -0.25) is 57.7 Å². The van der Waals surface area contributed by atoms with Crippen molar-refractivity contribution in [3.8, 4) is 34.5 Å². The molecule has 6 aromatic rings. The van der Waals surface area contributed by atoms with Gasteiger partial charge < -0.3 is 109 Å². The summed E-state index contributed by atoms with van der Waals surface area (Å²) in [6.45, 7) is 2.58. The van der Waals surface area contributed by atoms with Gasteiger partial charge in [-0.2, -0.15) is 0 Å². The fourth-order valence-corrected chi connectivity index (χ4v) is 13.8. The molecule has 40 heteroatoms. The minimum Gasteiger partial charge on any atom is -0.543 e. The first-order chi connectivity index (χ1) is 48.2. The smallest absolute Gasteiger partial charge is 0.543 e. The number of fused-ring (bicyclic) bond motifs is 4. The van der Waals surface area contributed by atoms with Crippen LogP contribution in [0.15, 0.2) is 114 Å². The molecule has 0 radical (unpaired) electrons. The van der Waals surface area contributed by atoms with E-state index in [-0.39, 0.29) is 138 Å². The largest absolute Gasteiger partial charge is 1.00 e. The van der Waals surface area contributed by atoms with E-state index in [2.05, 4.69) is 21.3 Å². The number of phenolic OH excluding ortho intramolecular Hbond substituents is 4. The van der Waals surface area contributed by atoms with Gasteiger partial charge in [-0.1, -0.05) is 24.3 Å². The zero-order chi connectivity index (χ0) is 74.7. The third-order valence-electron chi connectivity index (χ3n) is 15.8. The number of benzene rings is 4. The molecule has 2 fully saturated rings. The third kappa shape index (κ3) is 16.3. The zero-order valence-corrected chi connectivity index (χ0v) is 61.3. The van der Waals surface area contributed by atoms with Gasteiger partial charge in [0, 0.05) is 62.9 Å². The first-order valence-electron chi connectivity index (χ1n) is 29.5. The summed E-state index contributed by atoms with van der Waals surface area (Å²) in [6, 6.07) is 10.8. The van der Waals surface area contributed by atoms with Gasteiger partial charge in [-0.15, -0.1) is 23.5 Å². The molecule has 4 aliphatic heterocycles. The number of hydrogen-bond acceptors (Lipinski definition) is 30. The molecule has 6 atom stereocenters. The summed E-state index contributed by atoms with van der Waals surface area (Å²) in [5.74, 6) is -16.6. The summed E-state index contributed by atoms with van der Waals surface area (Å²) >= 11 is 1.98. The Hall–Kier alpha value is -10.2. The van der Waals surface area contributed by atoms with Crippen LogP contribution in [0.2, 0.25) is 0 Å². The number of nitrogens with one attached hydrogen (secondary N) is 4. The van der Waals surface area contributed by atoms with Crippen molar-refractivity contribution in [1.82, 2.24) is 31.1 Å². The summed E-state index contributed by atoms with van der Waals surface area (Å²) in [6.07, 6.45) is 0. The molecule has 2 unspecified atom stereocenters. The van der Waals surface area contributed by atoms with Crippen LogP contribution in [0, 0.1) is 13.8 Å². The SMILES string of the molecule is CO[C@@]1(NC(=O)C(NC(=O)c2c(C)oc3cc(O)c(O)cc3c2=O)c2ccc(OCC(=O)O)cc2)C(=O)N2C(C(=O)[O-])=C(COC(C)=O)CS[C@@H]21.CO[C@@]1(NC(=O)C(NC(=O)c2c(C)oc3cc(O)c(O)cc3c2=O)c2ccc(OCC(=O)O)cc2)C(=O)N2C(C(=O)[O-])=C(COC(C)=O)CS[C@@H]21.[Na+].[Na+]. The van der Waals surface area contributed by atoms with Crippen LogP contribution in [-0.2, 0) is 66.9 Å². The van der Waals surface area contributed by atoms with Crippen molar-refractivity contribution in [3.05, 3.63) is 150 Å². The number of phenols is 4. The van der Waals surface area contributed by atoms with Crippen molar-refractivity contribution in [3.63, 3.8) is 0 Å². The third-order valence-corrected chi connectivity index (χ3v) is 18.5. The van der Waals surface area contributed by atoms with E-state index in [1.165, 1.54) is 62.4 Å². The van der Waals surface area contributed by atoms with E-state index < -0.39 is 188 Å². The number of hydrogen-bond donors (Lipinski definition) is 10. The topological polar surface area (TPSA) is 543 Å². The molecule has 6 amide bonds. The van der Waals surface area contributed by atoms with Gasteiger partial charge >= 0.3 is 83.0 Å². The Morgan fingerprint density at radius 3 is 1.18 bits per heavy atom. The molecule has 4 aromatic carbocycles. The molecular formula is C64H56N6Na2O30S2. The molecule has 4 aliphatic rings. The average molecular weight is 1500 g/mol. The number of aliphatic carboxylic acids is 4. The number of esters is 2. The summed E-state index contributed by atoms with van der Waals surface area (Å²) in [5, 5.41) is 88.5. The molecule has 0 aliphatic carbocycles. The van der Waals surface area contributed by atoms with E-state index in [0.717, 1.165) is 85.7 Å². The normalized spacial score (nSPS) is 18.3. The van der Waals surface area contributed by atoms with Gasteiger partial charge in [-0.05, 0) is 61.4 Å². The van der Waals surface area contributed by atoms with Gasteiger partial charge in [0.25, 0.3) is 35.1 Å². The summed E-state index contributed by atoms with van der Waals surface area (Å²) in [4.78, 5) is 180. The van der Waals surface area contributed by atoms with E-state index in [4.69, 9.17) is 47.5 Å². The number of carbonyl (C=O) groups is 12. The molecule has 0 spiro atoms. The quantitative estimate of drug-likeness (QED) is 0.00885. The molecule has 2 saturated heterocycles. The van der Waals surface area contributed by atoms with Crippen LogP contribution in [0.5, 0.6) is 34.5 Å². The van der Waals surface area contributed by atoms with E-state index >= 15 is 0 Å². The van der Waals surface area contributed by atoms with Crippen LogP contribution in [0.1, 0.15) is 69.3 Å². The maximum atomic E-state index is 14.1. The summed E-state index contributed by atoms with van der Waals surface area (Å²) in [5.41, 5.74) is -8.46. The molecular weight excluding hydrogens is 1440 g/mol. The van der Waals surface area contributed by atoms with Crippen molar-refractivity contribution < 1.29 is 195 Å². The number of amides is 6. The monoisotopic (exact) mass is 1500 g/mol. The Morgan fingerprint density at radius 2 is 0.885 bits per heavy atom. The number of aryl methyl sites for hydroxylation is 2. The number of rotatable bonds is 24. The van der Waals surface area contributed by atoms with E-state index in [0.29, 0.717) is 0 Å². The fourth-order valence-electron chi connectivity index (χ4n) is 11.0. The molecule has 10 N–H and O–H groups in total. The second-order valence-electron chi connectivity index (χ2n) is 22.3. The van der Waals surface area contributed by atoms with Crippen molar-refractivity contribution in [2.75, 3.05) is 52.2 Å². The van der Waals surface area contributed by atoms with Gasteiger partial charge in [0.1, 0.15) is 81.4 Å². The minimum absolute atomic E-state index is 0. The molecule has 10 rings (SSSR count). The van der Waals surface area contributed by atoms with Crippen LogP contribution in [0.25, 0.3) is 21.9 Å². The van der Waals surface area contributed by atoms with Crippen molar-refractivity contribution >= 4 is 117 Å². The number of β-lactam (4-membered cyclic amide) rings is 2. The average Bonchev–Trinajstić information content (AvgIpc) is 0.708. The maximum absolute atomic E-state index is 14.1. The van der Waals surface area contributed by atoms with Crippen molar-refractivity contribution in [1.29, 1.82) is 0 Å². The first kappa shape index (κ1) is 81.1. The van der Waals surface area contributed by atoms with Gasteiger partial charge in [0.15, 0.2) is 36.2 Å². The summed E-state index contributed by atoms with van der Waals surface area (Å²) < 4.78 is 42.2. The van der Waals surface area contributed by atoms with Crippen LogP contribution < -0.4 is 111 Å². The number of carbonyl (C=O) groups excluding carboxylic acids is 10. The number of aromatic hydroxyl groups is 4. The Kier molecular flexibility index (Phi) is 25.8. The van der Waals surface area contributed by atoms with Crippen molar-refractivity contribution in [2.24, 2.45) is 0 Å². The van der Waals surface area contributed by atoms with Gasteiger partial charge in [0.05, 0.1) is 34.1 Å². The molecule has 36 nitrogen and oxygen atoms in total. The molecule has 0 saturated carbocycles. The maximum Gasteiger partial charge on any atom is 1.00 e. The van der Waals surface area contributed by atoms with Crippen LogP contribution in [-0.4, -0.2) is 186 Å². The van der Waals surface area contributed by atoms with Crippen LogP contribution in [0.4, 0.5) is 0 Å². The standard InChI is InChI=1S/2C32H29N3O15S.2Na/c2*1-13-23(26(41)18-8-19(37)20(38)9-21(18)50-13)27(42)33-24(15-4-6-17(7-5-15)49-11-22(39)40)28(43)34-32(47-3)30(46)35-25(29(44)45)16(10-48-14(2)36)12-51-31(32)35;;/h2*4-9,24,31,37-38H,10-12H2,1-3H3,(H,33,42)(H,34,43)(H,39,40)(H,44,45);;/q;;2*+1/p-2/t2*24?,31-,32+;;/m11../s1. The number of carboxylic acids is 4. The minimum atomic E-state index is -2.17.